The summed E-state index contributed by atoms with van der Waals surface area (Å²) in [5, 5.41) is 1.22. The van der Waals surface area contributed by atoms with Crippen LogP contribution in [0.1, 0.15) is 23.8 Å². The minimum atomic E-state index is 0.252. The zero-order chi connectivity index (χ0) is 20.3. The topological polar surface area (TPSA) is 65.5 Å². The normalized spacial score (nSPS) is 18.8. The first-order valence-corrected chi connectivity index (χ1v) is 11.5. The van der Waals surface area contributed by atoms with Gasteiger partial charge in [-0.05, 0) is 31.0 Å². The largest absolute Gasteiger partial charge is 0.342 e. The van der Waals surface area contributed by atoms with Crippen LogP contribution in [0.5, 0.6) is 0 Å². The van der Waals surface area contributed by atoms with E-state index < -0.39 is 0 Å². The van der Waals surface area contributed by atoms with E-state index in [0.29, 0.717) is 12.5 Å². The second kappa shape index (κ2) is 8.65. The van der Waals surface area contributed by atoms with E-state index in [0.717, 1.165) is 63.6 Å². The maximum absolute atomic E-state index is 12.8. The molecule has 0 N–H and O–H groups in total. The number of carbonyl (C=O) groups is 1. The zero-order valence-electron chi connectivity index (χ0n) is 17.0. The number of hydrogen-bond donors (Lipinski definition) is 0. The molecule has 2 aromatic heterocycles. The number of piperidine rings is 1. The number of piperazine rings is 1. The molecule has 0 bridgehead atoms. The first-order valence-electron chi connectivity index (χ1n) is 10.6. The minimum absolute atomic E-state index is 0.252. The Morgan fingerprint density at radius 1 is 0.967 bits per heavy atom. The molecule has 0 saturated carbocycles. The SMILES string of the molecule is O=C(CN1CCN(c2ncccn2)CC1)N1CCC(c2nc3ccccc3s2)CC1. The lowest BCUT2D eigenvalue weighted by Gasteiger charge is -2.36. The Bertz CT molecular complexity index is 960. The first-order chi connectivity index (χ1) is 14.8. The molecule has 0 radical (unpaired) electrons. The molecule has 7 nitrogen and oxygen atoms in total. The summed E-state index contributed by atoms with van der Waals surface area (Å²) in [7, 11) is 0. The number of anilines is 1. The Hall–Kier alpha value is -2.58. The lowest BCUT2D eigenvalue weighted by atomic mass is 9.97. The third-order valence-corrected chi connectivity index (χ3v) is 7.27. The van der Waals surface area contributed by atoms with Gasteiger partial charge in [0.1, 0.15) is 0 Å². The number of rotatable bonds is 4. The Morgan fingerprint density at radius 2 is 1.70 bits per heavy atom. The molecule has 1 amide bonds. The fourth-order valence-corrected chi connectivity index (χ4v) is 5.43. The molecule has 0 unspecified atom stereocenters. The average molecular weight is 423 g/mol. The molecule has 8 heteroatoms. The molecule has 2 fully saturated rings. The van der Waals surface area contributed by atoms with Crippen molar-refractivity contribution in [3.05, 3.63) is 47.7 Å². The molecular formula is C22H26N6OS. The Morgan fingerprint density at radius 3 is 2.43 bits per heavy atom. The predicted octanol–water partition coefficient (Wildman–Crippen LogP) is 2.61. The number of benzene rings is 1. The highest BCUT2D eigenvalue weighted by atomic mass is 32.1. The van der Waals surface area contributed by atoms with Crippen molar-refractivity contribution in [3.63, 3.8) is 0 Å². The van der Waals surface area contributed by atoms with Crippen molar-refractivity contribution in [1.82, 2.24) is 24.8 Å². The van der Waals surface area contributed by atoms with E-state index >= 15 is 0 Å². The molecule has 2 aliphatic rings. The quantitative estimate of drug-likeness (QED) is 0.644. The molecule has 4 heterocycles. The van der Waals surface area contributed by atoms with Crippen molar-refractivity contribution in [2.75, 3.05) is 50.7 Å². The van der Waals surface area contributed by atoms with Crippen LogP contribution in [0.15, 0.2) is 42.7 Å². The molecule has 1 aromatic carbocycles. The third-order valence-electron chi connectivity index (χ3n) is 6.07. The van der Waals surface area contributed by atoms with Gasteiger partial charge in [0, 0.05) is 57.6 Å². The summed E-state index contributed by atoms with van der Waals surface area (Å²) < 4.78 is 1.26. The number of nitrogens with zero attached hydrogens (tertiary/aromatic N) is 6. The van der Waals surface area contributed by atoms with Crippen molar-refractivity contribution in [1.29, 1.82) is 0 Å². The minimum Gasteiger partial charge on any atom is -0.342 e. The van der Waals surface area contributed by atoms with Crippen LogP contribution >= 0.6 is 11.3 Å². The van der Waals surface area contributed by atoms with Crippen LogP contribution in [0.3, 0.4) is 0 Å². The Kier molecular flexibility index (Phi) is 5.59. The fourth-order valence-electron chi connectivity index (χ4n) is 4.29. The van der Waals surface area contributed by atoms with Crippen LogP contribution in [0.25, 0.3) is 10.2 Å². The summed E-state index contributed by atoms with van der Waals surface area (Å²) in [6.07, 6.45) is 5.56. The average Bonchev–Trinajstić information content (AvgIpc) is 3.25. The number of carbonyl (C=O) groups excluding carboxylic acids is 1. The predicted molar refractivity (Wildman–Crippen MR) is 119 cm³/mol. The highest BCUT2D eigenvalue weighted by molar-refractivity contribution is 7.18. The lowest BCUT2D eigenvalue weighted by molar-refractivity contribution is -0.133. The molecule has 3 aromatic rings. The summed E-state index contributed by atoms with van der Waals surface area (Å²) in [6, 6.07) is 10.2. The molecule has 156 valence electrons. The van der Waals surface area contributed by atoms with E-state index in [9.17, 15) is 4.79 Å². The number of aromatic nitrogens is 3. The number of hydrogen-bond acceptors (Lipinski definition) is 7. The summed E-state index contributed by atoms with van der Waals surface area (Å²) in [5.74, 6) is 1.50. The van der Waals surface area contributed by atoms with Gasteiger partial charge in [-0.25, -0.2) is 15.0 Å². The highest BCUT2D eigenvalue weighted by Gasteiger charge is 2.28. The van der Waals surface area contributed by atoms with Gasteiger partial charge < -0.3 is 9.80 Å². The van der Waals surface area contributed by atoms with Gasteiger partial charge in [0.25, 0.3) is 0 Å². The number of fused-ring (bicyclic) bond motifs is 1. The van der Waals surface area contributed by atoms with Crippen LogP contribution in [0.2, 0.25) is 0 Å². The van der Waals surface area contributed by atoms with Gasteiger partial charge in [0.05, 0.1) is 21.8 Å². The van der Waals surface area contributed by atoms with Gasteiger partial charge in [-0.3, -0.25) is 9.69 Å². The number of thiazole rings is 1. The van der Waals surface area contributed by atoms with Crippen LogP contribution in [0, 0.1) is 0 Å². The van der Waals surface area contributed by atoms with Crippen LogP contribution in [-0.2, 0) is 4.79 Å². The summed E-state index contributed by atoms with van der Waals surface area (Å²) >= 11 is 1.80. The van der Waals surface area contributed by atoms with Crippen molar-refractivity contribution in [2.24, 2.45) is 0 Å². The maximum atomic E-state index is 12.8. The molecule has 30 heavy (non-hydrogen) atoms. The molecule has 0 spiro atoms. The summed E-state index contributed by atoms with van der Waals surface area (Å²) in [4.78, 5) is 32.8. The van der Waals surface area contributed by atoms with Crippen LogP contribution < -0.4 is 4.90 Å². The number of likely N-dealkylation sites (tertiary alicyclic amines) is 1. The highest BCUT2D eigenvalue weighted by Crippen LogP contribution is 2.33. The second-order valence-electron chi connectivity index (χ2n) is 7.99. The maximum Gasteiger partial charge on any atom is 0.236 e. The summed E-state index contributed by atoms with van der Waals surface area (Å²) in [5.41, 5.74) is 1.09. The third kappa shape index (κ3) is 4.15. The molecule has 2 saturated heterocycles. The standard InChI is InChI=1S/C22H26N6OS/c29-20(16-26-12-14-28(15-13-26)22-23-8-3-9-24-22)27-10-6-17(7-11-27)21-25-18-4-1-2-5-19(18)30-21/h1-5,8-9,17H,6-7,10-16H2. The number of amides is 1. The number of para-hydroxylation sites is 1. The van der Waals surface area contributed by atoms with E-state index in [1.807, 2.05) is 17.0 Å². The molecule has 2 aliphatic heterocycles. The lowest BCUT2D eigenvalue weighted by Crippen LogP contribution is -2.51. The Labute approximate surface area is 180 Å². The van der Waals surface area contributed by atoms with Gasteiger partial charge in [-0.2, -0.15) is 0 Å². The van der Waals surface area contributed by atoms with E-state index in [4.69, 9.17) is 4.98 Å². The molecule has 0 aliphatic carbocycles. The van der Waals surface area contributed by atoms with Gasteiger partial charge in [0.2, 0.25) is 11.9 Å². The fraction of sp³-hybridized carbons (Fsp3) is 0.455. The zero-order valence-corrected chi connectivity index (χ0v) is 17.8. The summed E-state index contributed by atoms with van der Waals surface area (Å²) in [6.45, 7) is 5.62. The monoisotopic (exact) mass is 422 g/mol. The van der Waals surface area contributed by atoms with Crippen molar-refractivity contribution in [3.8, 4) is 0 Å². The van der Waals surface area contributed by atoms with Crippen LogP contribution in [-0.4, -0.2) is 76.5 Å². The van der Waals surface area contributed by atoms with Gasteiger partial charge in [0.15, 0.2) is 0 Å². The molecule has 0 atom stereocenters. The molecule has 5 rings (SSSR count). The van der Waals surface area contributed by atoms with Crippen molar-refractivity contribution >= 4 is 33.4 Å². The van der Waals surface area contributed by atoms with E-state index in [1.54, 1.807) is 23.7 Å². The van der Waals surface area contributed by atoms with E-state index in [2.05, 4.69) is 38.0 Å². The first kappa shape index (κ1) is 19.4. The van der Waals surface area contributed by atoms with Gasteiger partial charge in [-0.15, -0.1) is 11.3 Å². The van der Waals surface area contributed by atoms with Crippen molar-refractivity contribution in [2.45, 2.75) is 18.8 Å². The van der Waals surface area contributed by atoms with Gasteiger partial charge in [-0.1, -0.05) is 12.1 Å². The van der Waals surface area contributed by atoms with Crippen molar-refractivity contribution < 1.29 is 4.79 Å². The Balaban J connectivity index is 1.10. The van der Waals surface area contributed by atoms with E-state index in [1.165, 1.54) is 9.71 Å². The smallest absolute Gasteiger partial charge is 0.236 e. The van der Waals surface area contributed by atoms with E-state index in [-0.39, 0.29) is 5.91 Å². The van der Waals surface area contributed by atoms with Crippen LogP contribution in [0.4, 0.5) is 5.95 Å². The second-order valence-corrected chi connectivity index (χ2v) is 9.05. The molecular weight excluding hydrogens is 396 g/mol. The van der Waals surface area contributed by atoms with Gasteiger partial charge >= 0.3 is 0 Å².